The van der Waals surface area contributed by atoms with E-state index in [1.807, 2.05) is 24.1 Å². The van der Waals surface area contributed by atoms with Gasteiger partial charge in [0.15, 0.2) is 0 Å². The third-order valence-corrected chi connectivity index (χ3v) is 3.80. The van der Waals surface area contributed by atoms with Crippen LogP contribution in [0.5, 0.6) is 0 Å². The zero-order valence-corrected chi connectivity index (χ0v) is 10.9. The molecule has 4 heteroatoms. The molecule has 18 heavy (non-hydrogen) atoms. The summed E-state index contributed by atoms with van der Waals surface area (Å²) in [5, 5.41) is 14.2. The van der Waals surface area contributed by atoms with Gasteiger partial charge in [0.25, 0.3) is 0 Å². The molecule has 1 unspecified atom stereocenters. The molecule has 1 aliphatic carbocycles. The maximum Gasteiger partial charge on any atom is 0.0807 e. The minimum atomic E-state index is -0.275. The lowest BCUT2D eigenvalue weighted by Gasteiger charge is -2.20. The second-order valence-corrected chi connectivity index (χ2v) is 5.20. The highest BCUT2D eigenvalue weighted by Gasteiger charge is 2.23. The molecule has 1 atom stereocenters. The molecule has 1 aliphatic rings. The summed E-state index contributed by atoms with van der Waals surface area (Å²) in [7, 11) is 1.94. The van der Waals surface area contributed by atoms with Gasteiger partial charge >= 0.3 is 0 Å². The van der Waals surface area contributed by atoms with Crippen molar-refractivity contribution in [1.29, 1.82) is 0 Å². The lowest BCUT2D eigenvalue weighted by Crippen LogP contribution is -2.13. The van der Waals surface area contributed by atoms with Gasteiger partial charge < -0.3 is 9.67 Å². The molecule has 2 aromatic rings. The van der Waals surface area contributed by atoms with E-state index in [4.69, 9.17) is 0 Å². The van der Waals surface area contributed by atoms with Crippen LogP contribution < -0.4 is 0 Å². The average Bonchev–Trinajstić information content (AvgIpc) is 2.87. The molecule has 0 bridgehead atoms. The quantitative estimate of drug-likeness (QED) is 0.878. The number of rotatable bonds is 2. The third-order valence-electron chi connectivity index (χ3n) is 3.80. The molecule has 4 nitrogen and oxygen atoms in total. The first-order valence-corrected chi connectivity index (χ1v) is 6.49. The van der Waals surface area contributed by atoms with Crippen LogP contribution in [0.1, 0.15) is 41.5 Å². The first kappa shape index (κ1) is 11.5. The highest BCUT2D eigenvalue weighted by Crippen LogP contribution is 2.32. The highest BCUT2D eigenvalue weighted by atomic mass is 16.3. The topological polar surface area (TPSA) is 43.0 Å². The van der Waals surface area contributed by atoms with Crippen LogP contribution in [0.3, 0.4) is 0 Å². The molecule has 0 radical (unpaired) electrons. The van der Waals surface area contributed by atoms with E-state index in [9.17, 15) is 5.11 Å². The summed E-state index contributed by atoms with van der Waals surface area (Å²) in [5.74, 6) is 0. The number of aryl methyl sites for hydroxylation is 2. The number of hydrogen-bond donors (Lipinski definition) is 1. The largest absolute Gasteiger partial charge is 0.388 e. The van der Waals surface area contributed by atoms with Crippen molar-refractivity contribution in [2.24, 2.45) is 7.05 Å². The molecule has 0 aromatic carbocycles. The van der Waals surface area contributed by atoms with Gasteiger partial charge in [0.2, 0.25) is 0 Å². The Hall–Kier alpha value is -1.55. The predicted octanol–water partition coefficient (Wildman–Crippen LogP) is 1.95. The van der Waals surface area contributed by atoms with Gasteiger partial charge in [0.1, 0.15) is 0 Å². The number of fused-ring (bicyclic) bond motifs is 1. The first-order valence-electron chi connectivity index (χ1n) is 6.49. The Labute approximate surface area is 107 Å². The van der Waals surface area contributed by atoms with Crippen molar-refractivity contribution in [2.45, 2.75) is 38.8 Å². The van der Waals surface area contributed by atoms with Gasteiger partial charge in [0.05, 0.1) is 18.8 Å². The van der Waals surface area contributed by atoms with Crippen LogP contribution in [-0.4, -0.2) is 19.5 Å². The second kappa shape index (κ2) is 4.28. The van der Waals surface area contributed by atoms with E-state index in [1.165, 1.54) is 17.0 Å². The van der Waals surface area contributed by atoms with E-state index in [1.54, 1.807) is 0 Å². The van der Waals surface area contributed by atoms with Gasteiger partial charge in [0, 0.05) is 35.8 Å². The molecular weight excluding hydrogens is 226 g/mol. The number of nitrogens with zero attached hydrogens (tertiary/aromatic N) is 3. The van der Waals surface area contributed by atoms with Gasteiger partial charge in [-0.3, -0.25) is 4.68 Å². The molecule has 2 aromatic heterocycles. The van der Waals surface area contributed by atoms with E-state index in [-0.39, 0.29) is 6.10 Å². The van der Waals surface area contributed by atoms with Crippen LogP contribution in [0.25, 0.3) is 0 Å². The van der Waals surface area contributed by atoms with Crippen LogP contribution in [0, 0.1) is 6.92 Å². The molecule has 0 spiro atoms. The molecule has 1 N–H and O–H groups in total. The molecule has 2 heterocycles. The van der Waals surface area contributed by atoms with Crippen LogP contribution in [0.2, 0.25) is 0 Å². The van der Waals surface area contributed by atoms with Crippen LogP contribution >= 0.6 is 0 Å². The second-order valence-electron chi connectivity index (χ2n) is 5.20. The Morgan fingerprint density at radius 3 is 3.06 bits per heavy atom. The number of hydrogen-bond acceptors (Lipinski definition) is 2. The normalized spacial score (nSPS) is 18.9. The Morgan fingerprint density at radius 1 is 1.50 bits per heavy atom. The fraction of sp³-hybridized carbons (Fsp3) is 0.500. The van der Waals surface area contributed by atoms with Crippen molar-refractivity contribution in [3.05, 3.63) is 41.0 Å². The van der Waals surface area contributed by atoms with Gasteiger partial charge in [-0.15, -0.1) is 0 Å². The van der Waals surface area contributed by atoms with E-state index in [2.05, 4.69) is 22.7 Å². The molecule has 0 saturated carbocycles. The smallest absolute Gasteiger partial charge is 0.0807 e. The molecular formula is C14H19N3O. The van der Waals surface area contributed by atoms with E-state index in [0.29, 0.717) is 0 Å². The molecule has 0 amide bonds. The van der Waals surface area contributed by atoms with Crippen molar-refractivity contribution >= 4 is 0 Å². The lowest BCUT2D eigenvalue weighted by atomic mass is 9.95. The van der Waals surface area contributed by atoms with Gasteiger partial charge in [-0.25, -0.2) is 0 Å². The van der Waals surface area contributed by atoms with E-state index in [0.717, 1.165) is 31.4 Å². The third kappa shape index (κ3) is 1.86. The minimum absolute atomic E-state index is 0.275. The van der Waals surface area contributed by atoms with Crippen LogP contribution in [0.15, 0.2) is 18.5 Å². The maximum absolute atomic E-state index is 10.0. The number of aliphatic hydroxyl groups excluding tert-OH is 1. The Kier molecular flexibility index (Phi) is 2.74. The Balaban J connectivity index is 1.97. The summed E-state index contributed by atoms with van der Waals surface area (Å²) < 4.78 is 4.14. The van der Waals surface area contributed by atoms with Crippen molar-refractivity contribution in [3.63, 3.8) is 0 Å². The van der Waals surface area contributed by atoms with Gasteiger partial charge in [-0.2, -0.15) is 5.10 Å². The predicted molar refractivity (Wildman–Crippen MR) is 69.4 cm³/mol. The van der Waals surface area contributed by atoms with Gasteiger partial charge in [-0.05, 0) is 32.3 Å². The zero-order valence-electron chi connectivity index (χ0n) is 10.9. The zero-order chi connectivity index (χ0) is 12.7. The van der Waals surface area contributed by atoms with Crippen LogP contribution in [0.4, 0.5) is 0 Å². The molecule has 0 fully saturated rings. The Morgan fingerprint density at radius 2 is 2.33 bits per heavy atom. The summed E-state index contributed by atoms with van der Waals surface area (Å²) in [6.45, 7) is 2.96. The number of aromatic nitrogens is 3. The molecule has 0 saturated heterocycles. The highest BCUT2D eigenvalue weighted by molar-refractivity contribution is 5.32. The maximum atomic E-state index is 10.0. The summed E-state index contributed by atoms with van der Waals surface area (Å²) in [6, 6.07) is 2.13. The lowest BCUT2D eigenvalue weighted by molar-refractivity contribution is 0.156. The monoisotopic (exact) mass is 245 g/mol. The van der Waals surface area contributed by atoms with Gasteiger partial charge in [-0.1, -0.05) is 0 Å². The van der Waals surface area contributed by atoms with Crippen molar-refractivity contribution in [3.8, 4) is 0 Å². The fourth-order valence-electron chi connectivity index (χ4n) is 2.90. The summed E-state index contributed by atoms with van der Waals surface area (Å²) in [4.78, 5) is 0. The van der Waals surface area contributed by atoms with Crippen molar-refractivity contribution < 1.29 is 5.11 Å². The molecule has 96 valence electrons. The fourth-order valence-corrected chi connectivity index (χ4v) is 2.90. The summed E-state index contributed by atoms with van der Waals surface area (Å²) in [5.41, 5.74) is 4.86. The van der Waals surface area contributed by atoms with Crippen molar-refractivity contribution in [2.75, 3.05) is 0 Å². The average molecular weight is 245 g/mol. The van der Waals surface area contributed by atoms with E-state index < -0.39 is 0 Å². The minimum Gasteiger partial charge on any atom is -0.388 e. The van der Waals surface area contributed by atoms with Crippen molar-refractivity contribution in [1.82, 2.24) is 14.3 Å². The standard InChI is InChI=1S/C14H19N3O/c1-10-6-12-13(4-3-5-14(12)18)17(10)9-11-7-15-16(2)8-11/h6-8,14,18H,3-5,9H2,1-2H3. The molecule has 3 rings (SSSR count). The summed E-state index contributed by atoms with van der Waals surface area (Å²) >= 11 is 0. The Bertz CT molecular complexity index is 568. The van der Waals surface area contributed by atoms with Crippen LogP contribution in [-0.2, 0) is 20.0 Å². The molecule has 0 aliphatic heterocycles. The first-order chi connectivity index (χ1) is 8.65. The van der Waals surface area contributed by atoms with E-state index >= 15 is 0 Å². The SMILES string of the molecule is Cc1cc2c(n1Cc1cnn(C)c1)CCCC2O. The number of aliphatic hydroxyl groups is 1. The summed E-state index contributed by atoms with van der Waals surface area (Å²) in [6.07, 6.45) is 6.72.